The Morgan fingerprint density at radius 1 is 1.50 bits per heavy atom. The molecule has 1 fully saturated rings. The average Bonchev–Trinajstić information content (AvgIpc) is 2.59. The van der Waals surface area contributed by atoms with Gasteiger partial charge >= 0.3 is 0 Å². The maximum atomic E-state index is 4.55. The van der Waals surface area contributed by atoms with Gasteiger partial charge in [0.05, 0.1) is 5.69 Å². The summed E-state index contributed by atoms with van der Waals surface area (Å²) in [6.45, 7) is 4.41. The minimum Gasteiger partial charge on any atom is -0.356 e. The SMILES string of the molecule is CCc1csc(NC2(CC)CCC2)n1. The third kappa shape index (κ3) is 1.78. The van der Waals surface area contributed by atoms with Gasteiger partial charge < -0.3 is 5.32 Å². The summed E-state index contributed by atoms with van der Waals surface area (Å²) < 4.78 is 0. The van der Waals surface area contributed by atoms with Crippen LogP contribution in [0.25, 0.3) is 0 Å². The van der Waals surface area contributed by atoms with E-state index in [2.05, 4.69) is 29.5 Å². The van der Waals surface area contributed by atoms with Crippen LogP contribution >= 0.6 is 11.3 Å². The predicted molar refractivity (Wildman–Crippen MR) is 62.0 cm³/mol. The molecule has 2 nitrogen and oxygen atoms in total. The van der Waals surface area contributed by atoms with Crippen molar-refractivity contribution in [2.75, 3.05) is 5.32 Å². The number of hydrogen-bond donors (Lipinski definition) is 1. The van der Waals surface area contributed by atoms with Gasteiger partial charge in [0.15, 0.2) is 5.13 Å². The van der Waals surface area contributed by atoms with Crippen LogP contribution < -0.4 is 5.32 Å². The highest BCUT2D eigenvalue weighted by Gasteiger charge is 2.35. The maximum absolute atomic E-state index is 4.55. The fourth-order valence-corrected chi connectivity index (χ4v) is 2.84. The van der Waals surface area contributed by atoms with E-state index in [1.54, 1.807) is 11.3 Å². The van der Waals surface area contributed by atoms with Crippen molar-refractivity contribution < 1.29 is 0 Å². The lowest BCUT2D eigenvalue weighted by Crippen LogP contribution is -2.44. The molecule has 78 valence electrons. The molecule has 1 saturated carbocycles. The third-order valence-electron chi connectivity index (χ3n) is 3.27. The standard InChI is InChI=1S/C11H18N2S/c1-3-9-8-14-10(12-9)13-11(4-2)6-5-7-11/h8H,3-7H2,1-2H3,(H,12,13). The van der Waals surface area contributed by atoms with Gasteiger partial charge in [-0.05, 0) is 32.1 Å². The lowest BCUT2D eigenvalue weighted by molar-refractivity contribution is 0.269. The summed E-state index contributed by atoms with van der Waals surface area (Å²) in [4.78, 5) is 4.55. The van der Waals surface area contributed by atoms with Gasteiger partial charge in [-0.25, -0.2) is 4.98 Å². The second-order valence-electron chi connectivity index (χ2n) is 4.11. The monoisotopic (exact) mass is 210 g/mol. The molecule has 1 aliphatic carbocycles. The lowest BCUT2D eigenvalue weighted by atomic mass is 9.75. The number of thiazole rings is 1. The summed E-state index contributed by atoms with van der Waals surface area (Å²) in [5.41, 5.74) is 1.59. The van der Waals surface area contributed by atoms with Crippen LogP contribution in [0.3, 0.4) is 0 Å². The van der Waals surface area contributed by atoms with Gasteiger partial charge in [0.2, 0.25) is 0 Å². The van der Waals surface area contributed by atoms with E-state index in [0.29, 0.717) is 5.54 Å². The van der Waals surface area contributed by atoms with Crippen LogP contribution in [0.15, 0.2) is 5.38 Å². The van der Waals surface area contributed by atoms with Crippen molar-refractivity contribution in [3.05, 3.63) is 11.1 Å². The Balaban J connectivity index is 2.02. The Morgan fingerprint density at radius 2 is 2.29 bits per heavy atom. The lowest BCUT2D eigenvalue weighted by Gasteiger charge is -2.41. The molecule has 3 heteroatoms. The summed E-state index contributed by atoms with van der Waals surface area (Å²) in [6.07, 6.45) is 6.24. The van der Waals surface area contributed by atoms with Crippen LogP contribution in [-0.2, 0) is 6.42 Å². The summed E-state index contributed by atoms with van der Waals surface area (Å²) in [6, 6.07) is 0. The highest BCUT2D eigenvalue weighted by molar-refractivity contribution is 7.13. The molecule has 0 saturated heterocycles. The summed E-state index contributed by atoms with van der Waals surface area (Å²) in [7, 11) is 0. The molecule has 0 spiro atoms. The Bertz CT molecular complexity index is 296. The molecule has 0 atom stereocenters. The van der Waals surface area contributed by atoms with Crippen LogP contribution in [0.4, 0.5) is 5.13 Å². The van der Waals surface area contributed by atoms with E-state index in [1.807, 2.05) is 0 Å². The molecule has 14 heavy (non-hydrogen) atoms. The number of aromatic nitrogens is 1. The zero-order chi connectivity index (χ0) is 10.0. The van der Waals surface area contributed by atoms with E-state index >= 15 is 0 Å². The smallest absolute Gasteiger partial charge is 0.183 e. The average molecular weight is 210 g/mol. The van der Waals surface area contributed by atoms with Gasteiger partial charge in [-0.3, -0.25) is 0 Å². The van der Waals surface area contributed by atoms with Gasteiger partial charge in [0, 0.05) is 10.9 Å². The number of nitrogens with one attached hydrogen (secondary N) is 1. The molecule has 0 radical (unpaired) electrons. The molecule has 1 aromatic rings. The van der Waals surface area contributed by atoms with Crippen molar-refractivity contribution in [2.45, 2.75) is 51.5 Å². The first-order chi connectivity index (χ1) is 6.78. The molecule has 0 bridgehead atoms. The van der Waals surface area contributed by atoms with Gasteiger partial charge in [-0.15, -0.1) is 11.3 Å². The molecule has 1 aliphatic rings. The topological polar surface area (TPSA) is 24.9 Å². The van der Waals surface area contributed by atoms with E-state index in [1.165, 1.54) is 31.4 Å². The summed E-state index contributed by atoms with van der Waals surface area (Å²) >= 11 is 1.74. The zero-order valence-corrected chi connectivity index (χ0v) is 9.78. The van der Waals surface area contributed by atoms with Crippen LogP contribution in [0, 0.1) is 0 Å². The quantitative estimate of drug-likeness (QED) is 0.823. The van der Waals surface area contributed by atoms with Gasteiger partial charge in [-0.1, -0.05) is 13.8 Å². The molecular formula is C11H18N2S. The second kappa shape index (κ2) is 3.89. The Labute approximate surface area is 89.8 Å². The second-order valence-corrected chi connectivity index (χ2v) is 4.97. The number of anilines is 1. The van der Waals surface area contributed by atoms with E-state index in [4.69, 9.17) is 0 Å². The predicted octanol–water partition coefficient (Wildman–Crippen LogP) is 3.45. The molecule has 0 aliphatic heterocycles. The van der Waals surface area contributed by atoms with Crippen molar-refractivity contribution in [3.8, 4) is 0 Å². The number of hydrogen-bond acceptors (Lipinski definition) is 3. The van der Waals surface area contributed by atoms with Gasteiger partial charge in [-0.2, -0.15) is 0 Å². The summed E-state index contributed by atoms with van der Waals surface area (Å²) in [5, 5.41) is 6.88. The van der Waals surface area contributed by atoms with Crippen molar-refractivity contribution in [1.82, 2.24) is 4.98 Å². The van der Waals surface area contributed by atoms with Crippen molar-refractivity contribution in [2.24, 2.45) is 0 Å². The van der Waals surface area contributed by atoms with E-state index in [-0.39, 0.29) is 0 Å². The van der Waals surface area contributed by atoms with Crippen LogP contribution in [0.2, 0.25) is 0 Å². The highest BCUT2D eigenvalue weighted by Crippen LogP contribution is 2.38. The number of nitrogens with zero attached hydrogens (tertiary/aromatic N) is 1. The molecule has 1 heterocycles. The highest BCUT2D eigenvalue weighted by atomic mass is 32.1. The molecular weight excluding hydrogens is 192 g/mol. The minimum atomic E-state index is 0.378. The van der Waals surface area contributed by atoms with E-state index in [0.717, 1.165) is 11.6 Å². The summed E-state index contributed by atoms with van der Waals surface area (Å²) in [5.74, 6) is 0. The number of aryl methyl sites for hydroxylation is 1. The Kier molecular flexibility index (Phi) is 2.77. The molecule has 0 amide bonds. The van der Waals surface area contributed by atoms with Crippen LogP contribution in [0.1, 0.15) is 45.2 Å². The Morgan fingerprint density at radius 3 is 2.71 bits per heavy atom. The van der Waals surface area contributed by atoms with Crippen molar-refractivity contribution in [3.63, 3.8) is 0 Å². The van der Waals surface area contributed by atoms with Crippen molar-refractivity contribution in [1.29, 1.82) is 0 Å². The van der Waals surface area contributed by atoms with E-state index < -0.39 is 0 Å². The van der Waals surface area contributed by atoms with E-state index in [9.17, 15) is 0 Å². The minimum absolute atomic E-state index is 0.378. The van der Waals surface area contributed by atoms with Gasteiger partial charge in [0.1, 0.15) is 0 Å². The molecule has 1 N–H and O–H groups in total. The molecule has 0 unspecified atom stereocenters. The zero-order valence-electron chi connectivity index (χ0n) is 8.97. The molecule has 0 aromatic carbocycles. The third-order valence-corrected chi connectivity index (χ3v) is 4.08. The number of rotatable bonds is 4. The first kappa shape index (κ1) is 9.97. The maximum Gasteiger partial charge on any atom is 0.183 e. The fraction of sp³-hybridized carbons (Fsp3) is 0.727. The molecule has 1 aromatic heterocycles. The first-order valence-corrected chi connectivity index (χ1v) is 6.38. The van der Waals surface area contributed by atoms with Crippen LogP contribution in [0.5, 0.6) is 0 Å². The fourth-order valence-electron chi connectivity index (χ4n) is 1.92. The normalized spacial score (nSPS) is 19.0. The van der Waals surface area contributed by atoms with Crippen molar-refractivity contribution >= 4 is 16.5 Å². The largest absolute Gasteiger partial charge is 0.356 e. The Hall–Kier alpha value is -0.570. The molecule has 2 rings (SSSR count). The van der Waals surface area contributed by atoms with Crippen LogP contribution in [-0.4, -0.2) is 10.5 Å². The first-order valence-electron chi connectivity index (χ1n) is 5.50. The van der Waals surface area contributed by atoms with Gasteiger partial charge in [0.25, 0.3) is 0 Å².